The second kappa shape index (κ2) is 3.17. The van der Waals surface area contributed by atoms with Crippen LogP contribution < -0.4 is 0 Å². The fraction of sp³-hybridized carbons (Fsp3) is 0.900. The van der Waals surface area contributed by atoms with Crippen molar-refractivity contribution in [1.82, 2.24) is 0 Å². The van der Waals surface area contributed by atoms with Gasteiger partial charge in [-0.15, -0.1) is 0 Å². The molecular formula is C10H16O2. The summed E-state index contributed by atoms with van der Waals surface area (Å²) in [5.74, 6) is 1.51. The second-order valence-corrected chi connectivity index (χ2v) is 4.25. The predicted molar refractivity (Wildman–Crippen MR) is 45.6 cm³/mol. The van der Waals surface area contributed by atoms with Gasteiger partial charge in [0.25, 0.3) is 0 Å². The second-order valence-electron chi connectivity index (χ2n) is 4.25. The highest BCUT2D eigenvalue weighted by Crippen LogP contribution is 2.39. The molecule has 2 rings (SSSR count). The quantitative estimate of drug-likeness (QED) is 0.642. The average molecular weight is 168 g/mol. The summed E-state index contributed by atoms with van der Waals surface area (Å²) in [5, 5.41) is 9.02. The molecule has 2 atom stereocenters. The van der Waals surface area contributed by atoms with Gasteiger partial charge >= 0.3 is 0 Å². The van der Waals surface area contributed by atoms with Gasteiger partial charge in [-0.2, -0.15) is 0 Å². The zero-order valence-electron chi connectivity index (χ0n) is 7.33. The Balaban J connectivity index is 2.07. The molecular weight excluding hydrogens is 152 g/mol. The number of fused-ring (bicyclic) bond motifs is 2. The molecule has 0 aromatic heterocycles. The Kier molecular flexibility index (Phi) is 2.18. The normalized spacial score (nSPS) is 41.4. The summed E-state index contributed by atoms with van der Waals surface area (Å²) in [6.45, 7) is 0.278. The van der Waals surface area contributed by atoms with E-state index in [4.69, 9.17) is 5.11 Å². The minimum absolute atomic E-state index is 0.278. The van der Waals surface area contributed by atoms with Crippen molar-refractivity contribution in [3.8, 4) is 0 Å². The van der Waals surface area contributed by atoms with Gasteiger partial charge in [-0.3, -0.25) is 4.79 Å². The summed E-state index contributed by atoms with van der Waals surface area (Å²) < 4.78 is 0. The van der Waals surface area contributed by atoms with Gasteiger partial charge in [-0.05, 0) is 31.6 Å². The first-order chi connectivity index (χ1) is 5.81. The number of carbonyl (C=O) groups is 1. The van der Waals surface area contributed by atoms with E-state index < -0.39 is 0 Å². The van der Waals surface area contributed by atoms with E-state index in [1.54, 1.807) is 0 Å². The molecule has 1 N–H and O–H groups in total. The molecule has 0 aromatic carbocycles. The molecule has 0 amide bonds. The van der Waals surface area contributed by atoms with Crippen molar-refractivity contribution in [2.75, 3.05) is 6.61 Å². The van der Waals surface area contributed by atoms with E-state index in [1.807, 2.05) is 0 Å². The molecule has 2 fully saturated rings. The van der Waals surface area contributed by atoms with Crippen LogP contribution in [0.25, 0.3) is 0 Å². The first-order valence-corrected chi connectivity index (χ1v) is 4.96. The van der Waals surface area contributed by atoms with E-state index in [9.17, 15) is 4.79 Å². The summed E-state index contributed by atoms with van der Waals surface area (Å²) in [7, 11) is 0. The summed E-state index contributed by atoms with van der Waals surface area (Å²) in [6, 6.07) is 0. The Labute approximate surface area is 73.0 Å². The molecule has 2 aliphatic rings. The number of ketones is 1. The van der Waals surface area contributed by atoms with Crippen LogP contribution in [0.4, 0.5) is 0 Å². The highest BCUT2D eigenvalue weighted by molar-refractivity contribution is 5.84. The van der Waals surface area contributed by atoms with Gasteiger partial charge < -0.3 is 5.11 Å². The third-order valence-corrected chi connectivity index (χ3v) is 3.40. The zero-order valence-corrected chi connectivity index (χ0v) is 7.33. The molecule has 0 aromatic rings. The molecule has 2 nitrogen and oxygen atoms in total. The van der Waals surface area contributed by atoms with Crippen molar-refractivity contribution in [1.29, 1.82) is 0 Å². The van der Waals surface area contributed by atoms with E-state index in [1.165, 1.54) is 6.42 Å². The van der Waals surface area contributed by atoms with Crippen LogP contribution in [0.15, 0.2) is 0 Å². The van der Waals surface area contributed by atoms with Crippen LogP contribution in [0.1, 0.15) is 32.1 Å². The van der Waals surface area contributed by atoms with Crippen LogP contribution in [0.2, 0.25) is 0 Å². The van der Waals surface area contributed by atoms with Gasteiger partial charge in [0.05, 0.1) is 0 Å². The van der Waals surface area contributed by atoms with E-state index in [0.29, 0.717) is 23.5 Å². The maximum absolute atomic E-state index is 11.6. The lowest BCUT2D eigenvalue weighted by atomic mass is 9.67. The van der Waals surface area contributed by atoms with Crippen LogP contribution in [0, 0.1) is 17.8 Å². The molecule has 2 heteroatoms. The summed E-state index contributed by atoms with van der Waals surface area (Å²) in [4.78, 5) is 11.6. The minimum Gasteiger partial charge on any atom is -0.396 e. The fourth-order valence-electron chi connectivity index (χ4n) is 2.75. The molecule has 0 radical (unpaired) electrons. The lowest BCUT2D eigenvalue weighted by molar-refractivity contribution is -0.133. The minimum atomic E-state index is 0.278. The third kappa shape index (κ3) is 1.28. The summed E-state index contributed by atoms with van der Waals surface area (Å²) >= 11 is 0. The van der Waals surface area contributed by atoms with Crippen molar-refractivity contribution in [3.05, 3.63) is 0 Å². The number of aliphatic hydroxyl groups excluding tert-OH is 1. The van der Waals surface area contributed by atoms with Crippen LogP contribution in [-0.4, -0.2) is 17.5 Å². The summed E-state index contributed by atoms with van der Waals surface area (Å²) in [5.41, 5.74) is 0. The smallest absolute Gasteiger partial charge is 0.139 e. The van der Waals surface area contributed by atoms with Gasteiger partial charge in [0, 0.05) is 18.4 Å². The maximum atomic E-state index is 11.6. The van der Waals surface area contributed by atoms with Gasteiger partial charge in [-0.1, -0.05) is 6.42 Å². The molecule has 0 heterocycles. The highest BCUT2D eigenvalue weighted by Gasteiger charge is 2.38. The van der Waals surface area contributed by atoms with E-state index >= 15 is 0 Å². The van der Waals surface area contributed by atoms with E-state index in [-0.39, 0.29) is 6.61 Å². The molecule has 2 bridgehead atoms. The Bertz CT molecular complexity index is 172. The monoisotopic (exact) mass is 168 g/mol. The lowest BCUT2D eigenvalue weighted by Crippen LogP contribution is -2.37. The Morgan fingerprint density at radius 3 is 2.33 bits per heavy atom. The van der Waals surface area contributed by atoms with Crippen molar-refractivity contribution >= 4 is 5.78 Å². The van der Waals surface area contributed by atoms with Gasteiger partial charge in [0.15, 0.2) is 0 Å². The topological polar surface area (TPSA) is 37.3 Å². The van der Waals surface area contributed by atoms with Crippen molar-refractivity contribution in [2.45, 2.75) is 32.1 Å². The standard InChI is InChI=1S/C10H16O2/c11-6-7-4-8-2-1-3-9(5-7)10(8)12/h7-9,11H,1-6H2/t8-,9-/m1/s1. The average Bonchev–Trinajstić information content (AvgIpc) is 2.04. The number of carbonyl (C=O) groups excluding carboxylic acids is 1. The van der Waals surface area contributed by atoms with Crippen molar-refractivity contribution in [2.24, 2.45) is 17.8 Å². The maximum Gasteiger partial charge on any atom is 0.139 e. The Morgan fingerprint density at radius 2 is 1.83 bits per heavy atom. The number of rotatable bonds is 1. The molecule has 12 heavy (non-hydrogen) atoms. The van der Waals surface area contributed by atoms with Crippen LogP contribution in [-0.2, 0) is 4.79 Å². The van der Waals surface area contributed by atoms with Crippen LogP contribution >= 0.6 is 0 Å². The van der Waals surface area contributed by atoms with Gasteiger partial charge in [-0.25, -0.2) is 0 Å². The predicted octanol–water partition coefficient (Wildman–Crippen LogP) is 1.37. The summed E-state index contributed by atoms with van der Waals surface area (Å²) in [6.07, 6.45) is 5.27. The number of Topliss-reactive ketones (excluding diaryl/α,β-unsaturated/α-hetero) is 1. The number of aliphatic hydroxyl groups is 1. The molecule has 2 aliphatic carbocycles. The third-order valence-electron chi connectivity index (χ3n) is 3.40. The van der Waals surface area contributed by atoms with Crippen LogP contribution in [0.3, 0.4) is 0 Å². The molecule has 68 valence electrons. The van der Waals surface area contributed by atoms with Crippen LogP contribution in [0.5, 0.6) is 0 Å². The zero-order chi connectivity index (χ0) is 8.55. The first-order valence-electron chi connectivity index (χ1n) is 4.96. The first kappa shape index (κ1) is 8.24. The molecule has 0 aliphatic heterocycles. The van der Waals surface area contributed by atoms with Gasteiger partial charge in [0.2, 0.25) is 0 Å². The van der Waals surface area contributed by atoms with E-state index in [0.717, 1.165) is 25.7 Å². The van der Waals surface area contributed by atoms with E-state index in [2.05, 4.69) is 0 Å². The number of hydrogen-bond donors (Lipinski definition) is 1. The number of hydrogen-bond acceptors (Lipinski definition) is 2. The Hall–Kier alpha value is -0.370. The largest absolute Gasteiger partial charge is 0.396 e. The fourth-order valence-corrected chi connectivity index (χ4v) is 2.75. The molecule has 2 saturated carbocycles. The van der Waals surface area contributed by atoms with Crippen molar-refractivity contribution in [3.63, 3.8) is 0 Å². The Morgan fingerprint density at radius 1 is 1.25 bits per heavy atom. The van der Waals surface area contributed by atoms with Gasteiger partial charge in [0.1, 0.15) is 5.78 Å². The van der Waals surface area contributed by atoms with Crippen molar-refractivity contribution < 1.29 is 9.90 Å². The SMILES string of the molecule is O=C1[C@@H]2CCC[C@@H]1CC(CO)C2. The lowest BCUT2D eigenvalue weighted by Gasteiger charge is -2.36. The molecule has 0 spiro atoms. The highest BCUT2D eigenvalue weighted by atomic mass is 16.3. The molecule has 0 unspecified atom stereocenters. The molecule has 0 saturated heterocycles.